The van der Waals surface area contributed by atoms with Crippen molar-refractivity contribution in [3.8, 4) is 16.9 Å². The van der Waals surface area contributed by atoms with E-state index < -0.39 is 0 Å². The third kappa shape index (κ3) is 5.56. The first-order valence-corrected chi connectivity index (χ1v) is 10.9. The molecule has 162 valence electrons. The Balaban J connectivity index is 0.00000155. The second-order valence-electron chi connectivity index (χ2n) is 6.38. The van der Waals surface area contributed by atoms with Gasteiger partial charge in [-0.1, -0.05) is 56.3 Å². The van der Waals surface area contributed by atoms with Crippen molar-refractivity contribution in [2.24, 2.45) is 0 Å². The molecule has 0 radical (unpaired) electrons. The number of aryl methyl sites for hydroxylation is 1. The Morgan fingerprint density at radius 2 is 1.83 bits per heavy atom. The maximum absolute atomic E-state index is 10.5. The van der Waals surface area contributed by atoms with Crippen LogP contribution in [0.3, 0.4) is 0 Å². The summed E-state index contributed by atoms with van der Waals surface area (Å²) < 4.78 is 12.1. The van der Waals surface area contributed by atoms with E-state index in [1.807, 2.05) is 70.2 Å². The molecule has 0 atom stereocenters. The zero-order chi connectivity index (χ0) is 22.1. The highest BCUT2D eigenvalue weighted by Crippen LogP contribution is 2.39. The fourth-order valence-corrected chi connectivity index (χ4v) is 3.57. The third-order valence-corrected chi connectivity index (χ3v) is 5.26. The molecule has 0 unspecified atom stereocenters. The standard InChI is InChI=1S/C21H24N2O4S.C2H6/c1-4-11-26-19-12-16(13-24)9-10-17(19)18-7-5-6-8-20(18)28-23(25)21-14(2)15(3)27-22-21;1-2/h5-10,12,24-25H,4,11,13H2,1-3H3;1-2H3. The molecular formula is C23H30N2O4S. The van der Waals surface area contributed by atoms with E-state index in [0.717, 1.165) is 50.0 Å². The molecule has 7 heteroatoms. The van der Waals surface area contributed by atoms with Gasteiger partial charge in [-0.05, 0) is 38.0 Å². The molecule has 2 N–H and O–H groups in total. The number of hydrogen-bond acceptors (Lipinski definition) is 7. The monoisotopic (exact) mass is 430 g/mol. The molecule has 0 aliphatic carbocycles. The van der Waals surface area contributed by atoms with Gasteiger partial charge < -0.3 is 14.4 Å². The Morgan fingerprint density at radius 1 is 1.10 bits per heavy atom. The van der Waals surface area contributed by atoms with Crippen molar-refractivity contribution < 1.29 is 19.6 Å². The van der Waals surface area contributed by atoms with Crippen LogP contribution in [0.15, 0.2) is 51.9 Å². The number of rotatable bonds is 8. The Kier molecular flexibility index (Phi) is 9.23. The average Bonchev–Trinajstić information content (AvgIpc) is 3.12. The Morgan fingerprint density at radius 3 is 2.47 bits per heavy atom. The predicted molar refractivity (Wildman–Crippen MR) is 121 cm³/mol. The van der Waals surface area contributed by atoms with E-state index >= 15 is 0 Å². The summed E-state index contributed by atoms with van der Waals surface area (Å²) in [6.07, 6.45) is 0.883. The number of anilines is 1. The Labute approximate surface area is 182 Å². The van der Waals surface area contributed by atoms with Crippen molar-refractivity contribution in [1.29, 1.82) is 0 Å². The predicted octanol–water partition coefficient (Wildman–Crippen LogP) is 6.17. The first kappa shape index (κ1) is 23.8. The minimum absolute atomic E-state index is 0.0473. The number of hydrogen-bond donors (Lipinski definition) is 2. The van der Waals surface area contributed by atoms with Crippen LogP contribution < -0.4 is 9.21 Å². The summed E-state index contributed by atoms with van der Waals surface area (Å²) >= 11 is 1.15. The molecule has 1 aromatic heterocycles. The van der Waals surface area contributed by atoms with Crippen LogP contribution in [0.5, 0.6) is 5.75 Å². The average molecular weight is 431 g/mol. The quantitative estimate of drug-likeness (QED) is 0.327. The van der Waals surface area contributed by atoms with E-state index in [1.54, 1.807) is 6.92 Å². The molecule has 3 rings (SSSR count). The number of nitrogens with zero attached hydrogens (tertiary/aromatic N) is 2. The molecule has 0 fully saturated rings. The zero-order valence-corrected chi connectivity index (χ0v) is 19.0. The fourth-order valence-electron chi connectivity index (χ4n) is 2.71. The minimum atomic E-state index is -0.0473. The summed E-state index contributed by atoms with van der Waals surface area (Å²) in [5.41, 5.74) is 3.39. The number of aliphatic hydroxyl groups is 1. The van der Waals surface area contributed by atoms with Crippen LogP contribution in [0.1, 0.15) is 44.1 Å². The van der Waals surface area contributed by atoms with Crippen LogP contribution in [-0.4, -0.2) is 22.1 Å². The highest BCUT2D eigenvalue weighted by Gasteiger charge is 2.19. The first-order valence-electron chi connectivity index (χ1n) is 10.1. The van der Waals surface area contributed by atoms with Crippen LogP contribution in [-0.2, 0) is 6.61 Å². The topological polar surface area (TPSA) is 79.0 Å². The van der Waals surface area contributed by atoms with Crippen LogP contribution >= 0.6 is 11.9 Å². The lowest BCUT2D eigenvalue weighted by atomic mass is 10.0. The summed E-state index contributed by atoms with van der Waals surface area (Å²) in [7, 11) is 0. The van der Waals surface area contributed by atoms with E-state index in [4.69, 9.17) is 9.26 Å². The number of aliphatic hydroxyl groups excluding tert-OH is 1. The second kappa shape index (κ2) is 11.6. The van der Waals surface area contributed by atoms with Gasteiger partial charge in [-0.25, -0.2) is 0 Å². The van der Waals surface area contributed by atoms with Crippen molar-refractivity contribution in [2.45, 2.75) is 52.5 Å². The highest BCUT2D eigenvalue weighted by molar-refractivity contribution is 8.00. The molecule has 6 nitrogen and oxygen atoms in total. The van der Waals surface area contributed by atoms with Gasteiger partial charge in [0, 0.05) is 33.5 Å². The molecule has 0 bridgehead atoms. The molecule has 0 saturated heterocycles. The van der Waals surface area contributed by atoms with Crippen molar-refractivity contribution >= 4 is 17.8 Å². The largest absolute Gasteiger partial charge is 0.493 e. The second-order valence-corrected chi connectivity index (χ2v) is 7.35. The van der Waals surface area contributed by atoms with E-state index in [9.17, 15) is 10.3 Å². The molecular weight excluding hydrogens is 400 g/mol. The lowest BCUT2D eigenvalue weighted by Crippen LogP contribution is -2.09. The Hall–Kier alpha value is -2.48. The molecule has 2 aromatic carbocycles. The highest BCUT2D eigenvalue weighted by atomic mass is 32.2. The summed E-state index contributed by atoms with van der Waals surface area (Å²) in [4.78, 5) is 0.836. The van der Waals surface area contributed by atoms with Gasteiger partial charge in [0.1, 0.15) is 11.5 Å². The summed E-state index contributed by atoms with van der Waals surface area (Å²) in [6, 6.07) is 13.4. The maximum atomic E-state index is 10.5. The maximum Gasteiger partial charge on any atom is 0.210 e. The molecule has 0 aliphatic heterocycles. The van der Waals surface area contributed by atoms with Gasteiger partial charge in [-0.3, -0.25) is 5.21 Å². The minimum Gasteiger partial charge on any atom is -0.493 e. The molecule has 0 saturated carbocycles. The van der Waals surface area contributed by atoms with Crippen molar-refractivity contribution in [3.63, 3.8) is 0 Å². The van der Waals surface area contributed by atoms with Crippen molar-refractivity contribution in [1.82, 2.24) is 5.16 Å². The number of benzene rings is 2. The summed E-state index contributed by atoms with van der Waals surface area (Å²) in [6.45, 7) is 10.2. The van der Waals surface area contributed by atoms with Gasteiger partial charge in [0.15, 0.2) is 0 Å². The van der Waals surface area contributed by atoms with E-state index in [-0.39, 0.29) is 6.61 Å². The van der Waals surface area contributed by atoms with E-state index in [0.29, 0.717) is 23.9 Å². The van der Waals surface area contributed by atoms with Gasteiger partial charge >= 0.3 is 0 Å². The van der Waals surface area contributed by atoms with Gasteiger partial charge in [-0.2, -0.15) is 4.47 Å². The van der Waals surface area contributed by atoms with Gasteiger partial charge in [0.05, 0.1) is 13.2 Å². The molecule has 3 aromatic rings. The molecule has 0 spiro atoms. The summed E-state index contributed by atoms with van der Waals surface area (Å²) in [5, 5.41) is 23.9. The van der Waals surface area contributed by atoms with Gasteiger partial charge in [0.2, 0.25) is 5.82 Å². The summed E-state index contributed by atoms with van der Waals surface area (Å²) in [5.74, 6) is 1.74. The first-order chi connectivity index (χ1) is 14.5. The van der Waals surface area contributed by atoms with Gasteiger partial charge in [-0.15, -0.1) is 0 Å². The normalized spacial score (nSPS) is 10.4. The van der Waals surface area contributed by atoms with Crippen LogP contribution in [0.4, 0.5) is 5.82 Å². The van der Waals surface area contributed by atoms with E-state index in [1.165, 1.54) is 0 Å². The zero-order valence-electron chi connectivity index (χ0n) is 18.2. The smallest absolute Gasteiger partial charge is 0.210 e. The molecule has 30 heavy (non-hydrogen) atoms. The van der Waals surface area contributed by atoms with Crippen LogP contribution in [0.25, 0.3) is 11.1 Å². The molecule has 0 aliphatic rings. The Bertz CT molecular complexity index is 943. The van der Waals surface area contributed by atoms with Crippen LogP contribution in [0, 0.1) is 13.8 Å². The number of aromatic nitrogens is 1. The lowest BCUT2D eigenvalue weighted by Gasteiger charge is -2.18. The third-order valence-electron chi connectivity index (χ3n) is 4.37. The van der Waals surface area contributed by atoms with Crippen molar-refractivity contribution in [3.05, 3.63) is 59.4 Å². The fraction of sp³-hybridized carbons (Fsp3) is 0.348. The van der Waals surface area contributed by atoms with E-state index in [2.05, 4.69) is 5.16 Å². The van der Waals surface area contributed by atoms with Gasteiger partial charge in [0.25, 0.3) is 0 Å². The molecule has 1 heterocycles. The number of ether oxygens (including phenoxy) is 1. The SMILES string of the molecule is CC.CCCOc1cc(CO)ccc1-c1ccccc1SN(O)c1noc(C)c1C. The lowest BCUT2D eigenvalue weighted by molar-refractivity contribution is 0.279. The van der Waals surface area contributed by atoms with Crippen LogP contribution in [0.2, 0.25) is 0 Å². The molecule has 0 amide bonds. The van der Waals surface area contributed by atoms with Crippen molar-refractivity contribution in [2.75, 3.05) is 11.1 Å².